The van der Waals surface area contributed by atoms with Gasteiger partial charge in [-0.1, -0.05) is 12.1 Å². The molecular formula is C15H15BrN2O2. The number of hydrogen-bond donors (Lipinski definition) is 2. The van der Waals surface area contributed by atoms with E-state index < -0.39 is 0 Å². The number of methoxy groups -OCH3 is 1. The lowest BCUT2D eigenvalue weighted by atomic mass is 10.3. The molecule has 0 heterocycles. The Bertz CT molecular complexity index is 585. The largest absolute Gasteiger partial charge is 0.497 e. The predicted octanol–water partition coefficient (Wildman–Crippen LogP) is 3.51. The minimum Gasteiger partial charge on any atom is -0.497 e. The quantitative estimate of drug-likeness (QED) is 0.879. The number of hydrogen-bond acceptors (Lipinski definition) is 3. The van der Waals surface area contributed by atoms with Gasteiger partial charge in [-0.2, -0.15) is 0 Å². The molecule has 20 heavy (non-hydrogen) atoms. The van der Waals surface area contributed by atoms with Crippen molar-refractivity contribution in [1.29, 1.82) is 0 Å². The maximum Gasteiger partial charge on any atom is 0.243 e. The van der Waals surface area contributed by atoms with Crippen LogP contribution in [0.15, 0.2) is 53.0 Å². The summed E-state index contributed by atoms with van der Waals surface area (Å²) in [5, 5.41) is 5.88. The highest BCUT2D eigenvalue weighted by atomic mass is 79.9. The third kappa shape index (κ3) is 3.99. The van der Waals surface area contributed by atoms with Gasteiger partial charge in [0.2, 0.25) is 5.91 Å². The average molecular weight is 335 g/mol. The van der Waals surface area contributed by atoms with Crippen LogP contribution in [0.25, 0.3) is 0 Å². The van der Waals surface area contributed by atoms with E-state index in [2.05, 4.69) is 26.6 Å². The lowest BCUT2D eigenvalue weighted by Gasteiger charge is -2.09. The van der Waals surface area contributed by atoms with Crippen LogP contribution in [0.3, 0.4) is 0 Å². The number of amides is 1. The van der Waals surface area contributed by atoms with Crippen molar-refractivity contribution in [3.05, 3.63) is 53.0 Å². The number of ether oxygens (including phenoxy) is 1. The number of carbonyl (C=O) groups excluding carboxylic acids is 1. The second-order valence-corrected chi connectivity index (χ2v) is 4.96. The van der Waals surface area contributed by atoms with Crippen molar-refractivity contribution >= 4 is 33.2 Å². The number of para-hydroxylation sites is 1. The van der Waals surface area contributed by atoms with Crippen molar-refractivity contribution in [2.75, 3.05) is 24.3 Å². The Morgan fingerprint density at radius 1 is 1.15 bits per heavy atom. The number of nitrogens with one attached hydrogen (secondary N) is 2. The fraction of sp³-hybridized carbons (Fsp3) is 0.133. The van der Waals surface area contributed by atoms with Gasteiger partial charge in [-0.25, -0.2) is 0 Å². The fourth-order valence-electron chi connectivity index (χ4n) is 1.65. The molecular weight excluding hydrogens is 320 g/mol. The standard InChI is InChI=1S/C15H15BrN2O2/c1-20-12-8-6-11(7-9-12)17-10-15(19)18-14-5-3-2-4-13(14)16/h2-9,17H,10H2,1H3,(H,18,19). The molecule has 5 heteroatoms. The highest BCUT2D eigenvalue weighted by Crippen LogP contribution is 2.21. The van der Waals surface area contributed by atoms with E-state index in [1.165, 1.54) is 0 Å². The average Bonchev–Trinajstić information content (AvgIpc) is 2.48. The molecule has 0 bridgehead atoms. The van der Waals surface area contributed by atoms with Crippen LogP contribution in [-0.4, -0.2) is 19.6 Å². The second-order valence-electron chi connectivity index (χ2n) is 4.11. The first kappa shape index (κ1) is 14.4. The summed E-state index contributed by atoms with van der Waals surface area (Å²) in [4.78, 5) is 11.8. The number of anilines is 2. The Kier molecular flexibility index (Phi) is 5.01. The molecule has 104 valence electrons. The van der Waals surface area contributed by atoms with Gasteiger partial charge in [-0.3, -0.25) is 4.79 Å². The van der Waals surface area contributed by atoms with Crippen LogP contribution in [0, 0.1) is 0 Å². The molecule has 2 aromatic rings. The summed E-state index contributed by atoms with van der Waals surface area (Å²) in [6.07, 6.45) is 0. The molecule has 2 aromatic carbocycles. The van der Waals surface area contributed by atoms with E-state index in [0.29, 0.717) is 0 Å². The first-order chi connectivity index (χ1) is 9.69. The Labute approximate surface area is 126 Å². The molecule has 0 fully saturated rings. The molecule has 1 amide bonds. The second kappa shape index (κ2) is 6.96. The smallest absolute Gasteiger partial charge is 0.243 e. The summed E-state index contributed by atoms with van der Waals surface area (Å²) in [6.45, 7) is 0.202. The van der Waals surface area contributed by atoms with E-state index >= 15 is 0 Å². The first-order valence-corrected chi connectivity index (χ1v) is 6.90. The van der Waals surface area contributed by atoms with E-state index in [0.717, 1.165) is 21.6 Å². The number of rotatable bonds is 5. The highest BCUT2D eigenvalue weighted by Gasteiger charge is 2.04. The molecule has 0 atom stereocenters. The predicted molar refractivity (Wildman–Crippen MR) is 84.3 cm³/mol. The van der Waals surface area contributed by atoms with E-state index in [4.69, 9.17) is 4.74 Å². The molecule has 0 saturated heterocycles. The molecule has 2 rings (SSSR count). The van der Waals surface area contributed by atoms with Gasteiger partial charge >= 0.3 is 0 Å². The van der Waals surface area contributed by atoms with Crippen molar-refractivity contribution in [2.24, 2.45) is 0 Å². The first-order valence-electron chi connectivity index (χ1n) is 6.11. The van der Waals surface area contributed by atoms with Crippen LogP contribution in [0.5, 0.6) is 5.75 Å². The van der Waals surface area contributed by atoms with E-state index in [1.54, 1.807) is 7.11 Å². The maximum atomic E-state index is 11.8. The van der Waals surface area contributed by atoms with Crippen molar-refractivity contribution in [2.45, 2.75) is 0 Å². The molecule has 0 unspecified atom stereocenters. The van der Waals surface area contributed by atoms with Gasteiger partial charge in [-0.15, -0.1) is 0 Å². The lowest BCUT2D eigenvalue weighted by Crippen LogP contribution is -2.21. The Hall–Kier alpha value is -2.01. The monoisotopic (exact) mass is 334 g/mol. The van der Waals surface area contributed by atoms with E-state index in [-0.39, 0.29) is 12.5 Å². The lowest BCUT2D eigenvalue weighted by molar-refractivity contribution is -0.114. The minimum absolute atomic E-state index is 0.104. The van der Waals surface area contributed by atoms with Gasteiger partial charge in [0, 0.05) is 10.2 Å². The summed E-state index contributed by atoms with van der Waals surface area (Å²) in [6, 6.07) is 14.9. The highest BCUT2D eigenvalue weighted by molar-refractivity contribution is 9.10. The van der Waals surface area contributed by atoms with Crippen LogP contribution in [0.1, 0.15) is 0 Å². The van der Waals surface area contributed by atoms with Crippen molar-refractivity contribution in [1.82, 2.24) is 0 Å². The molecule has 0 saturated carbocycles. The SMILES string of the molecule is COc1ccc(NCC(=O)Nc2ccccc2Br)cc1. The molecule has 0 radical (unpaired) electrons. The minimum atomic E-state index is -0.104. The van der Waals surface area contributed by atoms with Crippen LogP contribution >= 0.6 is 15.9 Å². The summed E-state index contributed by atoms with van der Waals surface area (Å²) in [5.74, 6) is 0.681. The Balaban J connectivity index is 1.87. The molecule has 0 aliphatic carbocycles. The van der Waals surface area contributed by atoms with Gasteiger partial charge in [0.1, 0.15) is 5.75 Å². The molecule has 0 aromatic heterocycles. The van der Waals surface area contributed by atoms with Crippen molar-refractivity contribution in [3.63, 3.8) is 0 Å². The van der Waals surface area contributed by atoms with Gasteiger partial charge in [0.25, 0.3) is 0 Å². The van der Waals surface area contributed by atoms with Crippen molar-refractivity contribution < 1.29 is 9.53 Å². The molecule has 2 N–H and O–H groups in total. The van der Waals surface area contributed by atoms with Gasteiger partial charge in [0.05, 0.1) is 19.3 Å². The molecule has 0 spiro atoms. The van der Waals surface area contributed by atoms with Crippen LogP contribution in [-0.2, 0) is 4.79 Å². The molecule has 0 aliphatic heterocycles. The van der Waals surface area contributed by atoms with E-state index in [1.807, 2.05) is 48.5 Å². The Morgan fingerprint density at radius 3 is 2.50 bits per heavy atom. The number of halogens is 1. The summed E-state index contributed by atoms with van der Waals surface area (Å²) in [5.41, 5.74) is 1.63. The van der Waals surface area contributed by atoms with Gasteiger partial charge in [-0.05, 0) is 52.3 Å². The topological polar surface area (TPSA) is 50.4 Å². The normalized spacial score (nSPS) is 9.90. The Morgan fingerprint density at radius 2 is 1.85 bits per heavy atom. The third-order valence-corrected chi connectivity index (χ3v) is 3.38. The summed E-state index contributed by atoms with van der Waals surface area (Å²) >= 11 is 3.39. The van der Waals surface area contributed by atoms with E-state index in [9.17, 15) is 4.79 Å². The summed E-state index contributed by atoms with van der Waals surface area (Å²) < 4.78 is 5.93. The van der Waals surface area contributed by atoms with Gasteiger partial charge < -0.3 is 15.4 Å². The van der Waals surface area contributed by atoms with Crippen LogP contribution < -0.4 is 15.4 Å². The maximum absolute atomic E-state index is 11.8. The molecule has 0 aliphatic rings. The zero-order valence-corrected chi connectivity index (χ0v) is 12.6. The van der Waals surface area contributed by atoms with Crippen molar-refractivity contribution in [3.8, 4) is 5.75 Å². The van der Waals surface area contributed by atoms with Crippen LogP contribution in [0.2, 0.25) is 0 Å². The molecule has 4 nitrogen and oxygen atoms in total. The fourth-order valence-corrected chi connectivity index (χ4v) is 2.03. The zero-order valence-electron chi connectivity index (χ0n) is 11.0. The zero-order chi connectivity index (χ0) is 14.4. The number of carbonyl (C=O) groups is 1. The number of benzene rings is 2. The third-order valence-electron chi connectivity index (χ3n) is 2.69. The summed E-state index contributed by atoms with van der Waals surface area (Å²) in [7, 11) is 1.62. The van der Waals surface area contributed by atoms with Crippen LogP contribution in [0.4, 0.5) is 11.4 Å². The van der Waals surface area contributed by atoms with Gasteiger partial charge in [0.15, 0.2) is 0 Å².